The normalized spacial score (nSPS) is 20.0. The number of anilines is 1. The average Bonchev–Trinajstić information content (AvgIpc) is 2.65. The Balaban J connectivity index is 1.90. The number of allylic oxidation sites excluding steroid dienone is 4. The molecular weight excluding hydrogens is 375 g/mol. The Morgan fingerprint density at radius 1 is 1.04 bits per heavy atom. The maximum atomic E-state index is 13.7. The van der Waals surface area contributed by atoms with Crippen LogP contribution in [0.25, 0.3) is 0 Å². The fourth-order valence-corrected chi connectivity index (χ4v) is 3.18. The summed E-state index contributed by atoms with van der Waals surface area (Å²) < 4.78 is 46.7. The van der Waals surface area contributed by atoms with Crippen molar-refractivity contribution in [2.45, 2.75) is 12.1 Å². The molecule has 8 heteroatoms. The number of nitrogens with two attached hydrogens (primary N) is 1. The number of hydrogen-bond acceptors (Lipinski definition) is 5. The van der Waals surface area contributed by atoms with Gasteiger partial charge in [0.25, 0.3) is 0 Å². The van der Waals surface area contributed by atoms with Crippen LogP contribution >= 0.6 is 0 Å². The first-order valence-corrected chi connectivity index (χ1v) is 8.15. The molecule has 0 aliphatic heterocycles. The second-order valence-electron chi connectivity index (χ2n) is 6.35. The van der Waals surface area contributed by atoms with E-state index in [4.69, 9.17) is 10.5 Å². The highest BCUT2D eigenvalue weighted by molar-refractivity contribution is 6.34. The SMILES string of the molecule is Nc1c(Oc2ccccc2)cc(O)c2c1C(=O)C1=CC(F)(F)C(F)C=C1C2=O. The summed E-state index contributed by atoms with van der Waals surface area (Å²) in [4.78, 5) is 25.5. The van der Waals surface area contributed by atoms with Gasteiger partial charge in [-0.25, -0.2) is 4.39 Å². The first kappa shape index (κ1) is 17.8. The number of alkyl halides is 3. The number of carbonyl (C=O) groups is 2. The summed E-state index contributed by atoms with van der Waals surface area (Å²) in [7, 11) is 0. The van der Waals surface area contributed by atoms with Gasteiger partial charge in [-0.05, 0) is 24.3 Å². The van der Waals surface area contributed by atoms with Crippen molar-refractivity contribution >= 4 is 17.3 Å². The van der Waals surface area contributed by atoms with Gasteiger partial charge in [-0.1, -0.05) is 18.2 Å². The highest BCUT2D eigenvalue weighted by Crippen LogP contribution is 2.46. The zero-order chi connectivity index (χ0) is 20.2. The van der Waals surface area contributed by atoms with E-state index in [2.05, 4.69) is 0 Å². The molecule has 0 radical (unpaired) electrons. The zero-order valence-corrected chi connectivity index (χ0v) is 14.1. The van der Waals surface area contributed by atoms with Crippen LogP contribution in [0.1, 0.15) is 20.7 Å². The highest BCUT2D eigenvalue weighted by Gasteiger charge is 2.47. The van der Waals surface area contributed by atoms with Gasteiger partial charge in [-0.15, -0.1) is 0 Å². The number of Topliss-reactive ketones (excluding diaryl/α,β-unsaturated/α-hetero) is 2. The maximum Gasteiger partial charge on any atom is 0.301 e. The number of rotatable bonds is 2. The molecule has 0 fully saturated rings. The zero-order valence-electron chi connectivity index (χ0n) is 14.1. The van der Waals surface area contributed by atoms with Crippen LogP contribution in [-0.4, -0.2) is 28.8 Å². The minimum absolute atomic E-state index is 0.122. The largest absolute Gasteiger partial charge is 0.507 e. The van der Waals surface area contributed by atoms with Crippen molar-refractivity contribution in [2.75, 3.05) is 5.73 Å². The van der Waals surface area contributed by atoms with Crippen molar-refractivity contribution < 1.29 is 32.6 Å². The van der Waals surface area contributed by atoms with Crippen LogP contribution in [0.4, 0.5) is 18.9 Å². The molecule has 0 saturated heterocycles. The maximum absolute atomic E-state index is 13.7. The molecule has 0 amide bonds. The number of phenolic OH excluding ortho intramolecular Hbond substituents is 1. The lowest BCUT2D eigenvalue weighted by molar-refractivity contribution is -0.00886. The third kappa shape index (κ3) is 2.57. The Bertz CT molecular complexity index is 1090. The molecule has 142 valence electrons. The number of para-hydroxylation sites is 1. The van der Waals surface area contributed by atoms with Crippen molar-refractivity contribution in [2.24, 2.45) is 0 Å². The molecule has 3 N–H and O–H groups in total. The lowest BCUT2D eigenvalue weighted by Crippen LogP contribution is -2.35. The van der Waals surface area contributed by atoms with Gasteiger partial charge in [0.15, 0.2) is 23.5 Å². The molecule has 2 aromatic carbocycles. The predicted molar refractivity (Wildman–Crippen MR) is 93.7 cm³/mol. The van der Waals surface area contributed by atoms with E-state index in [0.717, 1.165) is 6.07 Å². The smallest absolute Gasteiger partial charge is 0.301 e. The van der Waals surface area contributed by atoms with Crippen LogP contribution < -0.4 is 10.5 Å². The summed E-state index contributed by atoms with van der Waals surface area (Å²) in [5, 5.41) is 10.3. The summed E-state index contributed by atoms with van der Waals surface area (Å²) in [5.74, 6) is -6.33. The van der Waals surface area contributed by atoms with Gasteiger partial charge >= 0.3 is 5.92 Å². The topological polar surface area (TPSA) is 89.6 Å². The second-order valence-corrected chi connectivity index (χ2v) is 6.35. The molecule has 5 nitrogen and oxygen atoms in total. The van der Waals surface area contributed by atoms with Gasteiger partial charge in [0.05, 0.1) is 16.8 Å². The van der Waals surface area contributed by atoms with Gasteiger partial charge in [0.1, 0.15) is 11.5 Å². The van der Waals surface area contributed by atoms with Crippen molar-refractivity contribution in [3.8, 4) is 17.2 Å². The van der Waals surface area contributed by atoms with Crippen molar-refractivity contribution in [3.63, 3.8) is 0 Å². The number of aromatic hydroxyl groups is 1. The summed E-state index contributed by atoms with van der Waals surface area (Å²) in [5.41, 5.74) is 3.58. The number of phenols is 1. The number of hydrogen-bond donors (Lipinski definition) is 2. The minimum atomic E-state index is -3.94. The van der Waals surface area contributed by atoms with Crippen LogP contribution in [0, 0.1) is 0 Å². The van der Waals surface area contributed by atoms with Gasteiger partial charge in [0, 0.05) is 17.2 Å². The van der Waals surface area contributed by atoms with Crippen LogP contribution in [0.3, 0.4) is 0 Å². The molecule has 0 heterocycles. The second kappa shape index (κ2) is 5.98. The number of ether oxygens (including phenoxy) is 1. The van der Waals surface area contributed by atoms with E-state index in [-0.39, 0.29) is 17.5 Å². The first-order chi connectivity index (χ1) is 13.2. The summed E-state index contributed by atoms with van der Waals surface area (Å²) >= 11 is 0. The van der Waals surface area contributed by atoms with Gasteiger partial charge < -0.3 is 15.6 Å². The number of carbonyl (C=O) groups excluding carboxylic acids is 2. The summed E-state index contributed by atoms with van der Waals surface area (Å²) in [6.45, 7) is 0. The number of benzene rings is 2. The number of fused-ring (bicyclic) bond motifs is 2. The third-order valence-corrected chi connectivity index (χ3v) is 4.53. The highest BCUT2D eigenvalue weighted by atomic mass is 19.3. The minimum Gasteiger partial charge on any atom is -0.507 e. The predicted octanol–water partition coefficient (Wildman–Crippen LogP) is 3.99. The van der Waals surface area contributed by atoms with Crippen molar-refractivity contribution in [3.05, 3.63) is 70.8 Å². The van der Waals surface area contributed by atoms with E-state index in [1.54, 1.807) is 30.3 Å². The van der Waals surface area contributed by atoms with Crippen molar-refractivity contribution in [1.82, 2.24) is 0 Å². The molecule has 2 aliphatic rings. The van der Waals surface area contributed by atoms with Gasteiger partial charge in [-0.3, -0.25) is 9.59 Å². The van der Waals surface area contributed by atoms with Crippen molar-refractivity contribution in [1.29, 1.82) is 0 Å². The fraction of sp³-hybridized carbons (Fsp3) is 0.100. The van der Waals surface area contributed by atoms with E-state index >= 15 is 0 Å². The number of nitrogen functional groups attached to an aromatic ring is 1. The quantitative estimate of drug-likeness (QED) is 0.601. The number of ketones is 2. The molecule has 2 aliphatic carbocycles. The lowest BCUT2D eigenvalue weighted by atomic mass is 9.77. The van der Waals surface area contributed by atoms with Crippen LogP contribution in [0.15, 0.2) is 59.7 Å². The molecule has 0 aromatic heterocycles. The monoisotopic (exact) mass is 387 g/mol. The standard InChI is InChI=1S/C20H12F3NO4/c21-14-6-10-11(8-20(14,22)23)19(27)16-15(18(10)26)12(25)7-13(17(16)24)28-9-4-2-1-3-5-9/h1-8,14,25H,24H2. The van der Waals surface area contributed by atoms with E-state index in [9.17, 15) is 27.9 Å². The first-order valence-electron chi connectivity index (χ1n) is 8.15. The number of halogens is 3. The fourth-order valence-electron chi connectivity index (χ4n) is 3.18. The van der Waals surface area contributed by atoms with Crippen LogP contribution in [-0.2, 0) is 0 Å². The van der Waals surface area contributed by atoms with Crippen LogP contribution in [0.2, 0.25) is 0 Å². The van der Waals surface area contributed by atoms with E-state index in [1.165, 1.54) is 0 Å². The summed E-state index contributed by atoms with van der Waals surface area (Å²) in [6, 6.07) is 9.33. The summed E-state index contributed by atoms with van der Waals surface area (Å²) in [6.07, 6.45) is -2.25. The Kier molecular flexibility index (Phi) is 3.81. The molecule has 4 rings (SSSR count). The Hall–Kier alpha value is -3.55. The molecule has 0 saturated carbocycles. The Morgan fingerprint density at radius 2 is 1.68 bits per heavy atom. The van der Waals surface area contributed by atoms with Gasteiger partial charge in [0.2, 0.25) is 0 Å². The Morgan fingerprint density at radius 3 is 2.36 bits per heavy atom. The van der Waals surface area contributed by atoms with Crippen LogP contribution in [0.5, 0.6) is 17.2 Å². The van der Waals surface area contributed by atoms with E-state index in [0.29, 0.717) is 11.8 Å². The average molecular weight is 387 g/mol. The van der Waals surface area contributed by atoms with E-state index < -0.39 is 51.7 Å². The Labute approximate surface area is 156 Å². The molecule has 1 unspecified atom stereocenters. The molecule has 2 aromatic rings. The molecule has 0 bridgehead atoms. The van der Waals surface area contributed by atoms with Gasteiger partial charge in [-0.2, -0.15) is 8.78 Å². The molecule has 28 heavy (non-hydrogen) atoms. The molecule has 0 spiro atoms. The third-order valence-electron chi connectivity index (χ3n) is 4.53. The van der Waals surface area contributed by atoms with E-state index in [1.807, 2.05) is 0 Å². The molecule has 1 atom stereocenters. The molecular formula is C20H12F3NO4. The lowest BCUT2D eigenvalue weighted by Gasteiger charge is -2.28.